The van der Waals surface area contributed by atoms with E-state index in [9.17, 15) is 9.59 Å². The van der Waals surface area contributed by atoms with Gasteiger partial charge in [0.1, 0.15) is 12.4 Å². The first kappa shape index (κ1) is 31.8. The molecule has 0 radical (unpaired) electrons. The van der Waals surface area contributed by atoms with Gasteiger partial charge in [0, 0.05) is 20.4 Å². The maximum Gasteiger partial charge on any atom is 0.338 e. The van der Waals surface area contributed by atoms with Crippen LogP contribution >= 0.6 is 34.8 Å². The van der Waals surface area contributed by atoms with Gasteiger partial charge in [0.15, 0.2) is 23.2 Å². The summed E-state index contributed by atoms with van der Waals surface area (Å²) in [6.07, 6.45) is 1.50. The molecule has 0 aromatic heterocycles. The number of halogens is 1. The number of carbonyl (C=O) groups excluding carboxylic acids is 2. The molecule has 3 N–H and O–H groups in total. The van der Waals surface area contributed by atoms with Crippen molar-refractivity contribution >= 4 is 58.0 Å². The Bertz CT molecular complexity index is 1550. The number of methoxy groups -OCH3 is 1. The highest BCUT2D eigenvalue weighted by atomic mass is 127. The average molecular weight is 715 g/mol. The summed E-state index contributed by atoms with van der Waals surface area (Å²) in [6.45, 7) is 3.72. The van der Waals surface area contributed by atoms with Crippen LogP contribution in [0.5, 0.6) is 17.2 Å². The maximum absolute atomic E-state index is 12.8. The van der Waals surface area contributed by atoms with Crippen molar-refractivity contribution in [1.29, 1.82) is 0 Å². The third-order valence-electron chi connectivity index (χ3n) is 6.24. The van der Waals surface area contributed by atoms with Crippen LogP contribution in [0.3, 0.4) is 0 Å². The highest BCUT2D eigenvalue weighted by molar-refractivity contribution is 14.1. The van der Waals surface area contributed by atoms with Gasteiger partial charge in [-0.2, -0.15) is 5.10 Å². The Balaban J connectivity index is 1.45. The second kappa shape index (κ2) is 15.3. The molecule has 0 saturated carbocycles. The Morgan fingerprint density at radius 2 is 1.81 bits per heavy atom. The zero-order valence-electron chi connectivity index (χ0n) is 23.8. The fraction of sp³-hybridized carbons (Fsp3) is 0.226. The highest BCUT2D eigenvalue weighted by Gasteiger charge is 2.32. The third kappa shape index (κ3) is 8.45. The zero-order chi connectivity index (χ0) is 30.8. The highest BCUT2D eigenvalue weighted by Crippen LogP contribution is 2.34. The molecule has 0 fully saturated rings. The molecule has 1 heterocycles. The van der Waals surface area contributed by atoms with Gasteiger partial charge in [-0.25, -0.2) is 10.2 Å². The lowest BCUT2D eigenvalue weighted by atomic mass is 9.95. The number of amides is 1. The lowest BCUT2D eigenvalue weighted by molar-refractivity contribution is -0.139. The van der Waals surface area contributed by atoms with Crippen molar-refractivity contribution in [2.24, 2.45) is 5.10 Å². The van der Waals surface area contributed by atoms with Crippen LogP contribution in [0, 0.1) is 3.57 Å². The summed E-state index contributed by atoms with van der Waals surface area (Å²) in [4.78, 5) is 25.5. The van der Waals surface area contributed by atoms with Gasteiger partial charge in [0.2, 0.25) is 0 Å². The van der Waals surface area contributed by atoms with Crippen LogP contribution in [0.25, 0.3) is 0 Å². The van der Waals surface area contributed by atoms with Crippen LogP contribution < -0.4 is 30.3 Å². The van der Waals surface area contributed by atoms with E-state index in [-0.39, 0.29) is 13.2 Å². The predicted molar refractivity (Wildman–Crippen MR) is 175 cm³/mol. The predicted octanol–water partition coefficient (Wildman–Crippen LogP) is 4.76. The van der Waals surface area contributed by atoms with E-state index in [1.165, 1.54) is 6.21 Å². The number of esters is 1. The molecule has 0 spiro atoms. The number of hydrogen-bond donors (Lipinski definition) is 3. The minimum Gasteiger partial charge on any atom is -0.493 e. The Morgan fingerprint density at radius 3 is 2.56 bits per heavy atom. The smallest absolute Gasteiger partial charge is 0.338 e. The number of para-hydroxylation sites is 1. The largest absolute Gasteiger partial charge is 0.493 e. The molecule has 224 valence electrons. The fourth-order valence-corrected chi connectivity index (χ4v) is 5.22. The Hall–Kier alpha value is -4.17. The summed E-state index contributed by atoms with van der Waals surface area (Å²) in [5.74, 6) is 0.490. The van der Waals surface area contributed by atoms with Crippen LogP contribution in [0.4, 0.5) is 0 Å². The van der Waals surface area contributed by atoms with Gasteiger partial charge in [0.05, 0.1) is 31.5 Å². The van der Waals surface area contributed by atoms with E-state index in [1.807, 2.05) is 48.5 Å². The number of rotatable bonds is 12. The van der Waals surface area contributed by atoms with Gasteiger partial charge in [-0.05, 0) is 72.4 Å². The van der Waals surface area contributed by atoms with Crippen molar-refractivity contribution in [2.75, 3.05) is 20.3 Å². The molecular weight excluding hydrogens is 683 g/mol. The normalized spacial score (nSPS) is 14.5. The summed E-state index contributed by atoms with van der Waals surface area (Å²) in [7, 11) is 1.57. The quantitative estimate of drug-likeness (QED) is 0.0803. The standard InChI is InChI=1S/C31H31IN4O6S/c1-4-40-30(38)27-19(2)34-31(43)35-28(27)23-12-8-9-13-24(23)41-18-26(37)36-33-16-21-14-22(32)15-25(39-3)29(21)42-17-20-10-6-5-7-11-20/h5-16,28H,4,17-18H2,1-3H3,(H,36,37)(H2,34,35,43)/t28-/m1/s1. The van der Waals surface area contributed by atoms with E-state index in [2.05, 4.69) is 43.8 Å². The Morgan fingerprint density at radius 1 is 1.07 bits per heavy atom. The van der Waals surface area contributed by atoms with Crippen LogP contribution in [0.1, 0.15) is 36.6 Å². The number of nitrogens with zero attached hydrogens (tertiary/aromatic N) is 1. The molecule has 0 bridgehead atoms. The Kier molecular flexibility index (Phi) is 11.3. The number of hydrogen-bond acceptors (Lipinski definition) is 8. The molecule has 0 unspecified atom stereocenters. The topological polar surface area (TPSA) is 120 Å². The summed E-state index contributed by atoms with van der Waals surface area (Å²) in [5, 5.41) is 10.6. The van der Waals surface area contributed by atoms with Crippen LogP contribution in [-0.4, -0.2) is 43.5 Å². The van der Waals surface area contributed by atoms with E-state index in [1.54, 1.807) is 39.2 Å². The molecule has 0 saturated heterocycles. The van der Waals surface area contributed by atoms with Crippen LogP contribution in [0.2, 0.25) is 0 Å². The minimum atomic E-state index is -0.630. The molecule has 0 aliphatic carbocycles. The van der Waals surface area contributed by atoms with Crippen LogP contribution in [-0.2, 0) is 20.9 Å². The maximum atomic E-state index is 12.8. The number of thiocarbonyl (C=S) groups is 1. The zero-order valence-corrected chi connectivity index (χ0v) is 26.8. The molecule has 1 amide bonds. The van der Waals surface area contributed by atoms with Crippen molar-refractivity contribution in [2.45, 2.75) is 26.5 Å². The van der Waals surface area contributed by atoms with Crippen molar-refractivity contribution in [1.82, 2.24) is 16.1 Å². The molecule has 10 nitrogen and oxygen atoms in total. The van der Waals surface area contributed by atoms with E-state index >= 15 is 0 Å². The molecular formula is C31H31IN4O6S. The lowest BCUT2D eigenvalue weighted by Gasteiger charge is -2.30. The van der Waals surface area contributed by atoms with Crippen molar-refractivity contribution in [3.63, 3.8) is 0 Å². The SMILES string of the molecule is CCOC(=O)C1=C(C)NC(=S)N[C@@H]1c1ccccc1OCC(=O)NN=Cc1cc(I)cc(OC)c1OCc1ccccc1. The third-order valence-corrected chi connectivity index (χ3v) is 7.08. The second-order valence-corrected chi connectivity index (χ2v) is 10.9. The average Bonchev–Trinajstić information content (AvgIpc) is 2.99. The Labute approximate surface area is 269 Å². The summed E-state index contributed by atoms with van der Waals surface area (Å²) < 4.78 is 23.7. The summed E-state index contributed by atoms with van der Waals surface area (Å²) in [5.41, 5.74) is 5.70. The fourth-order valence-electron chi connectivity index (χ4n) is 4.33. The van der Waals surface area contributed by atoms with Crippen molar-refractivity contribution < 1.29 is 28.5 Å². The first-order chi connectivity index (χ1) is 20.8. The first-order valence-electron chi connectivity index (χ1n) is 13.3. The van der Waals surface area contributed by atoms with E-state index < -0.39 is 17.9 Å². The monoisotopic (exact) mass is 714 g/mol. The molecule has 3 aromatic carbocycles. The van der Waals surface area contributed by atoms with Gasteiger partial charge in [-0.1, -0.05) is 48.5 Å². The van der Waals surface area contributed by atoms with Crippen molar-refractivity contribution in [3.05, 3.63) is 98.3 Å². The summed E-state index contributed by atoms with van der Waals surface area (Å²) >= 11 is 7.50. The minimum absolute atomic E-state index is 0.223. The molecule has 1 aliphatic heterocycles. The van der Waals surface area contributed by atoms with Crippen LogP contribution in [0.15, 0.2) is 83.1 Å². The number of hydrazone groups is 1. The number of ether oxygens (including phenoxy) is 4. The van der Waals surface area contributed by atoms with E-state index in [0.29, 0.717) is 51.4 Å². The molecule has 1 aliphatic rings. The number of carbonyl (C=O) groups is 2. The molecule has 1 atom stereocenters. The molecule has 3 aromatic rings. The second-order valence-electron chi connectivity index (χ2n) is 9.21. The van der Waals surface area contributed by atoms with Crippen molar-refractivity contribution in [3.8, 4) is 17.2 Å². The molecule has 4 rings (SSSR count). The van der Waals surface area contributed by atoms with Gasteiger partial charge in [-0.15, -0.1) is 0 Å². The number of allylic oxidation sites excluding steroid dienone is 1. The van der Waals surface area contributed by atoms with Gasteiger partial charge in [0.25, 0.3) is 5.91 Å². The lowest BCUT2D eigenvalue weighted by Crippen LogP contribution is -2.45. The number of benzene rings is 3. The van der Waals surface area contributed by atoms with Gasteiger partial charge in [-0.3, -0.25) is 4.79 Å². The molecule has 43 heavy (non-hydrogen) atoms. The molecule has 12 heteroatoms. The van der Waals surface area contributed by atoms with E-state index in [4.69, 9.17) is 31.2 Å². The van der Waals surface area contributed by atoms with Gasteiger partial charge >= 0.3 is 5.97 Å². The van der Waals surface area contributed by atoms with Gasteiger partial charge < -0.3 is 29.6 Å². The number of nitrogens with one attached hydrogen (secondary N) is 3. The summed E-state index contributed by atoms with van der Waals surface area (Å²) in [6, 6.07) is 20.0. The first-order valence-corrected chi connectivity index (χ1v) is 14.8. The van der Waals surface area contributed by atoms with E-state index in [0.717, 1.165) is 9.13 Å².